The smallest absolute Gasteiger partial charge is 0.191 e. The maximum absolute atomic E-state index is 5.65. The number of thioether (sulfide) groups is 1. The van der Waals surface area contributed by atoms with Crippen LogP contribution in [-0.4, -0.2) is 14.8 Å². The van der Waals surface area contributed by atoms with E-state index in [9.17, 15) is 0 Å². The predicted octanol–water partition coefficient (Wildman–Crippen LogP) is 2.34. The maximum atomic E-state index is 5.65. The van der Waals surface area contributed by atoms with E-state index in [4.69, 9.17) is 10.2 Å². The van der Waals surface area contributed by atoms with Crippen LogP contribution in [0.5, 0.6) is 0 Å². The molecule has 0 amide bonds. The molecular weight excluding hydrogens is 248 g/mol. The van der Waals surface area contributed by atoms with E-state index in [1.54, 1.807) is 11.8 Å². The topological polar surface area (TPSA) is 69.9 Å². The number of furan rings is 1. The van der Waals surface area contributed by atoms with E-state index in [-0.39, 0.29) is 0 Å². The Bertz CT molecular complexity index is 506. The van der Waals surface area contributed by atoms with Crippen LogP contribution in [0.25, 0.3) is 0 Å². The molecule has 0 radical (unpaired) electrons. The van der Waals surface area contributed by atoms with Gasteiger partial charge in [0.25, 0.3) is 0 Å². The number of nitrogens with zero attached hydrogens (tertiary/aromatic N) is 3. The minimum Gasteiger partial charge on any atom is -0.465 e. The van der Waals surface area contributed by atoms with Gasteiger partial charge in [-0.05, 0) is 25.5 Å². The molecule has 0 bridgehead atoms. The summed E-state index contributed by atoms with van der Waals surface area (Å²) in [4.78, 5) is 0. The lowest BCUT2D eigenvalue weighted by atomic mass is 10.4. The van der Waals surface area contributed by atoms with Gasteiger partial charge in [-0.1, -0.05) is 18.7 Å². The number of nitrogens with two attached hydrogens (primary N) is 1. The number of aromatic nitrogens is 3. The molecule has 0 aliphatic carbocycles. The van der Waals surface area contributed by atoms with E-state index in [1.807, 2.05) is 19.1 Å². The van der Waals surface area contributed by atoms with E-state index >= 15 is 0 Å². The molecule has 2 aromatic rings. The van der Waals surface area contributed by atoms with Gasteiger partial charge in [-0.3, -0.25) is 0 Å². The SMILES string of the molecule is CCCn1c(CN)nnc1SCc1ccc(C)o1. The van der Waals surface area contributed by atoms with Crippen molar-refractivity contribution in [3.8, 4) is 0 Å². The van der Waals surface area contributed by atoms with Crippen molar-refractivity contribution in [1.29, 1.82) is 0 Å². The van der Waals surface area contributed by atoms with Crippen molar-refractivity contribution < 1.29 is 4.42 Å². The molecule has 0 atom stereocenters. The van der Waals surface area contributed by atoms with E-state index in [0.717, 1.165) is 41.2 Å². The quantitative estimate of drug-likeness (QED) is 0.813. The molecule has 0 spiro atoms. The highest BCUT2D eigenvalue weighted by molar-refractivity contribution is 7.98. The highest BCUT2D eigenvalue weighted by atomic mass is 32.2. The van der Waals surface area contributed by atoms with E-state index < -0.39 is 0 Å². The number of hydrogen-bond donors (Lipinski definition) is 1. The molecular formula is C12H18N4OS. The summed E-state index contributed by atoms with van der Waals surface area (Å²) in [5.41, 5.74) is 5.65. The Kier molecular flexibility index (Phi) is 4.43. The molecule has 0 aliphatic heterocycles. The van der Waals surface area contributed by atoms with Crippen LogP contribution in [0.15, 0.2) is 21.7 Å². The molecule has 2 N–H and O–H groups in total. The lowest BCUT2D eigenvalue weighted by molar-refractivity contribution is 0.500. The molecule has 0 saturated heterocycles. The fraction of sp³-hybridized carbons (Fsp3) is 0.500. The van der Waals surface area contributed by atoms with Gasteiger partial charge in [0.1, 0.15) is 17.3 Å². The van der Waals surface area contributed by atoms with E-state index in [1.165, 1.54) is 0 Å². The molecule has 18 heavy (non-hydrogen) atoms. The molecule has 6 heteroatoms. The first kappa shape index (κ1) is 13.2. The zero-order valence-corrected chi connectivity index (χ0v) is 11.5. The van der Waals surface area contributed by atoms with Gasteiger partial charge in [0.2, 0.25) is 0 Å². The summed E-state index contributed by atoms with van der Waals surface area (Å²) in [5, 5.41) is 9.20. The van der Waals surface area contributed by atoms with Gasteiger partial charge >= 0.3 is 0 Å². The largest absolute Gasteiger partial charge is 0.465 e. The van der Waals surface area contributed by atoms with Crippen LogP contribution in [0.2, 0.25) is 0 Å². The third kappa shape index (κ3) is 2.94. The summed E-state index contributed by atoms with van der Waals surface area (Å²) < 4.78 is 7.62. The van der Waals surface area contributed by atoms with E-state index in [0.29, 0.717) is 6.54 Å². The van der Waals surface area contributed by atoms with Crippen LogP contribution < -0.4 is 5.73 Å². The molecule has 2 rings (SSSR count). The minimum absolute atomic E-state index is 0.424. The van der Waals surface area contributed by atoms with Gasteiger partial charge in [0.05, 0.1) is 12.3 Å². The third-order valence-electron chi connectivity index (χ3n) is 2.56. The van der Waals surface area contributed by atoms with E-state index in [2.05, 4.69) is 21.7 Å². The summed E-state index contributed by atoms with van der Waals surface area (Å²) in [6.45, 7) is 5.40. The molecule has 5 nitrogen and oxygen atoms in total. The first-order chi connectivity index (χ1) is 8.74. The average Bonchev–Trinajstić information content (AvgIpc) is 2.94. The van der Waals surface area contributed by atoms with Crippen LogP contribution >= 0.6 is 11.8 Å². The highest BCUT2D eigenvalue weighted by Crippen LogP contribution is 2.23. The van der Waals surface area contributed by atoms with Gasteiger partial charge < -0.3 is 14.7 Å². The lowest BCUT2D eigenvalue weighted by Crippen LogP contribution is -2.09. The second-order valence-electron chi connectivity index (χ2n) is 4.06. The van der Waals surface area contributed by atoms with Crippen molar-refractivity contribution in [3.05, 3.63) is 29.5 Å². The van der Waals surface area contributed by atoms with Gasteiger partial charge in [0.15, 0.2) is 5.16 Å². The van der Waals surface area contributed by atoms with Crippen LogP contribution in [0.1, 0.15) is 30.7 Å². The van der Waals surface area contributed by atoms with Crippen LogP contribution in [0, 0.1) is 6.92 Å². The maximum Gasteiger partial charge on any atom is 0.191 e. The van der Waals surface area contributed by atoms with Gasteiger partial charge in [-0.15, -0.1) is 10.2 Å². The van der Waals surface area contributed by atoms with Gasteiger partial charge in [-0.25, -0.2) is 0 Å². The van der Waals surface area contributed by atoms with Crippen LogP contribution in [0.3, 0.4) is 0 Å². The number of rotatable bonds is 6. The molecule has 0 aromatic carbocycles. The summed E-state index contributed by atoms with van der Waals surface area (Å²) in [6.07, 6.45) is 1.04. The Morgan fingerprint density at radius 2 is 2.22 bits per heavy atom. The Balaban J connectivity index is 2.06. The van der Waals surface area contributed by atoms with Crippen LogP contribution in [-0.2, 0) is 18.8 Å². The minimum atomic E-state index is 0.424. The second kappa shape index (κ2) is 6.06. The Morgan fingerprint density at radius 1 is 1.39 bits per heavy atom. The zero-order chi connectivity index (χ0) is 13.0. The summed E-state index contributed by atoms with van der Waals surface area (Å²) in [5.74, 6) is 3.50. The molecule has 0 saturated carbocycles. The molecule has 2 heterocycles. The number of aryl methyl sites for hydroxylation is 1. The normalized spacial score (nSPS) is 11.1. The van der Waals surface area contributed by atoms with Gasteiger partial charge in [0, 0.05) is 6.54 Å². The molecule has 98 valence electrons. The van der Waals surface area contributed by atoms with Crippen molar-refractivity contribution in [2.45, 2.75) is 44.3 Å². The fourth-order valence-corrected chi connectivity index (χ4v) is 2.60. The fourth-order valence-electron chi connectivity index (χ4n) is 1.72. The molecule has 0 fully saturated rings. The van der Waals surface area contributed by atoms with Gasteiger partial charge in [-0.2, -0.15) is 0 Å². The standard InChI is InChI=1S/C12H18N4OS/c1-3-6-16-11(7-13)14-15-12(16)18-8-10-5-4-9(2)17-10/h4-5H,3,6-8,13H2,1-2H3. The number of hydrogen-bond acceptors (Lipinski definition) is 5. The predicted molar refractivity (Wildman–Crippen MR) is 71.2 cm³/mol. The molecule has 0 unspecified atom stereocenters. The van der Waals surface area contributed by atoms with Crippen molar-refractivity contribution in [3.63, 3.8) is 0 Å². The van der Waals surface area contributed by atoms with Crippen molar-refractivity contribution in [2.24, 2.45) is 5.73 Å². The third-order valence-corrected chi connectivity index (χ3v) is 3.55. The Morgan fingerprint density at radius 3 is 2.83 bits per heavy atom. The highest BCUT2D eigenvalue weighted by Gasteiger charge is 2.11. The van der Waals surface area contributed by atoms with Crippen LogP contribution in [0.4, 0.5) is 0 Å². The monoisotopic (exact) mass is 266 g/mol. The lowest BCUT2D eigenvalue weighted by Gasteiger charge is -2.06. The molecule has 2 aromatic heterocycles. The second-order valence-corrected chi connectivity index (χ2v) is 5.00. The first-order valence-corrected chi connectivity index (χ1v) is 7.03. The summed E-state index contributed by atoms with van der Waals surface area (Å²) >= 11 is 1.63. The molecule has 0 aliphatic rings. The summed E-state index contributed by atoms with van der Waals surface area (Å²) in [7, 11) is 0. The zero-order valence-electron chi connectivity index (χ0n) is 10.7. The van der Waals surface area contributed by atoms with Crippen molar-refractivity contribution in [2.75, 3.05) is 0 Å². The Hall–Kier alpha value is -1.27. The Labute approximate surface area is 111 Å². The average molecular weight is 266 g/mol. The first-order valence-electron chi connectivity index (χ1n) is 6.04. The van der Waals surface area contributed by atoms with Crippen molar-refractivity contribution in [1.82, 2.24) is 14.8 Å². The summed E-state index contributed by atoms with van der Waals surface area (Å²) in [6, 6.07) is 3.96. The van der Waals surface area contributed by atoms with Crippen molar-refractivity contribution >= 4 is 11.8 Å².